The highest BCUT2D eigenvalue weighted by atomic mass is 16.3. The van der Waals surface area contributed by atoms with E-state index in [1.165, 1.54) is 4.90 Å². The third kappa shape index (κ3) is 3.04. The summed E-state index contributed by atoms with van der Waals surface area (Å²) in [6.45, 7) is 2.30. The first-order valence-corrected chi connectivity index (χ1v) is 9.89. The van der Waals surface area contributed by atoms with Gasteiger partial charge in [-0.3, -0.25) is 34.3 Å². The number of hydrogen-bond acceptors (Lipinski definition) is 7. The zero-order valence-electron chi connectivity index (χ0n) is 16.0. The highest BCUT2D eigenvalue weighted by molar-refractivity contribution is 6.06. The van der Waals surface area contributed by atoms with Crippen LogP contribution in [0.3, 0.4) is 0 Å². The van der Waals surface area contributed by atoms with Crippen molar-refractivity contribution in [2.75, 3.05) is 19.6 Å². The number of piperazine rings is 1. The van der Waals surface area contributed by atoms with Gasteiger partial charge in [0.1, 0.15) is 5.54 Å². The lowest BCUT2D eigenvalue weighted by molar-refractivity contribution is -0.181. The Hall–Kier alpha value is -2.68. The van der Waals surface area contributed by atoms with Crippen molar-refractivity contribution in [2.24, 2.45) is 0 Å². The Morgan fingerprint density at radius 1 is 1.10 bits per heavy atom. The fraction of sp³-hybridized carbons (Fsp3) is 0.429. The van der Waals surface area contributed by atoms with E-state index in [1.54, 1.807) is 24.7 Å². The largest absolute Gasteiger partial charge is 0.392 e. The molecule has 3 fully saturated rings. The van der Waals surface area contributed by atoms with Crippen molar-refractivity contribution in [3.8, 4) is 0 Å². The number of fused-ring (bicyclic) bond motifs is 2. The second-order valence-corrected chi connectivity index (χ2v) is 8.15. The van der Waals surface area contributed by atoms with Crippen molar-refractivity contribution < 1.29 is 14.7 Å². The van der Waals surface area contributed by atoms with Crippen LogP contribution in [0.25, 0.3) is 0 Å². The average Bonchev–Trinajstić information content (AvgIpc) is 3.10. The number of aliphatic hydroxyl groups is 1. The van der Waals surface area contributed by atoms with E-state index in [9.17, 15) is 14.7 Å². The monoisotopic (exact) mass is 393 g/mol. The number of pyridine rings is 2. The Balaban J connectivity index is 1.40. The number of amides is 2. The van der Waals surface area contributed by atoms with E-state index in [1.807, 2.05) is 29.2 Å². The second kappa shape index (κ2) is 6.98. The summed E-state index contributed by atoms with van der Waals surface area (Å²) in [4.78, 5) is 40.5. The molecule has 0 aromatic carbocycles. The molecule has 2 aromatic heterocycles. The summed E-state index contributed by atoms with van der Waals surface area (Å²) in [6.07, 6.45) is 4.89. The second-order valence-electron chi connectivity index (χ2n) is 8.15. The molecule has 5 heterocycles. The average molecular weight is 393 g/mol. The van der Waals surface area contributed by atoms with Crippen LogP contribution in [0.5, 0.6) is 0 Å². The van der Waals surface area contributed by atoms with Crippen LogP contribution in [0.4, 0.5) is 0 Å². The van der Waals surface area contributed by atoms with Gasteiger partial charge in [0.15, 0.2) is 0 Å². The molecular weight excluding hydrogens is 370 g/mol. The number of carbonyl (C=O) groups excluding carboxylic acids is 2. The SMILES string of the molecule is O=C1[C@@H]2C[C@@H](O)CN2C2(CN(Cc3ccccn3)C2)C(=O)N1Cc1cccnc1. The minimum atomic E-state index is -0.757. The third-order valence-corrected chi connectivity index (χ3v) is 6.17. The molecule has 0 radical (unpaired) electrons. The number of imide groups is 1. The molecule has 1 spiro atoms. The van der Waals surface area contributed by atoms with Crippen LogP contribution in [-0.4, -0.2) is 78.9 Å². The molecule has 3 aliphatic rings. The number of carbonyl (C=O) groups is 2. The smallest absolute Gasteiger partial charge is 0.252 e. The van der Waals surface area contributed by atoms with Crippen LogP contribution < -0.4 is 0 Å². The molecule has 150 valence electrons. The predicted octanol–water partition coefficient (Wildman–Crippen LogP) is 0.0352. The Labute approximate surface area is 168 Å². The summed E-state index contributed by atoms with van der Waals surface area (Å²) in [7, 11) is 0. The minimum Gasteiger partial charge on any atom is -0.392 e. The molecule has 0 unspecified atom stereocenters. The lowest BCUT2D eigenvalue weighted by Crippen LogP contribution is -2.81. The predicted molar refractivity (Wildman–Crippen MR) is 103 cm³/mol. The number of hydrogen-bond donors (Lipinski definition) is 1. The van der Waals surface area contributed by atoms with Gasteiger partial charge in [0.05, 0.1) is 24.4 Å². The molecule has 2 aromatic rings. The number of aromatic nitrogens is 2. The molecule has 0 aliphatic carbocycles. The zero-order chi connectivity index (χ0) is 20.0. The van der Waals surface area contributed by atoms with E-state index in [-0.39, 0.29) is 18.4 Å². The summed E-state index contributed by atoms with van der Waals surface area (Å²) in [5.41, 5.74) is 1.01. The highest BCUT2D eigenvalue weighted by Gasteiger charge is 2.64. The van der Waals surface area contributed by atoms with Gasteiger partial charge in [0.25, 0.3) is 5.91 Å². The molecule has 3 aliphatic heterocycles. The van der Waals surface area contributed by atoms with Gasteiger partial charge in [0, 0.05) is 44.8 Å². The fourth-order valence-corrected chi connectivity index (χ4v) is 4.84. The van der Waals surface area contributed by atoms with Crippen LogP contribution in [0, 0.1) is 0 Å². The Morgan fingerprint density at radius 2 is 1.97 bits per heavy atom. The van der Waals surface area contributed by atoms with Gasteiger partial charge in [-0.2, -0.15) is 0 Å². The van der Waals surface area contributed by atoms with Crippen molar-refractivity contribution in [2.45, 2.75) is 37.2 Å². The normalized spacial score (nSPS) is 26.6. The third-order valence-electron chi connectivity index (χ3n) is 6.17. The molecule has 8 heteroatoms. The quantitative estimate of drug-likeness (QED) is 0.734. The maximum absolute atomic E-state index is 13.5. The van der Waals surface area contributed by atoms with E-state index in [4.69, 9.17) is 0 Å². The molecule has 2 amide bonds. The zero-order valence-corrected chi connectivity index (χ0v) is 16.0. The van der Waals surface area contributed by atoms with Crippen molar-refractivity contribution in [1.82, 2.24) is 24.7 Å². The first-order valence-electron chi connectivity index (χ1n) is 9.89. The lowest BCUT2D eigenvalue weighted by atomic mass is 9.82. The molecule has 0 saturated carbocycles. The summed E-state index contributed by atoms with van der Waals surface area (Å²) >= 11 is 0. The van der Waals surface area contributed by atoms with E-state index in [2.05, 4.69) is 14.9 Å². The topological polar surface area (TPSA) is 89.9 Å². The Morgan fingerprint density at radius 3 is 2.69 bits per heavy atom. The molecule has 3 saturated heterocycles. The molecule has 5 rings (SSSR count). The van der Waals surface area contributed by atoms with Crippen molar-refractivity contribution in [3.63, 3.8) is 0 Å². The summed E-state index contributed by atoms with van der Waals surface area (Å²) in [5, 5.41) is 10.2. The molecule has 29 heavy (non-hydrogen) atoms. The van der Waals surface area contributed by atoms with Crippen molar-refractivity contribution in [1.29, 1.82) is 0 Å². The van der Waals surface area contributed by atoms with E-state index >= 15 is 0 Å². The van der Waals surface area contributed by atoms with Crippen LogP contribution in [-0.2, 0) is 22.7 Å². The van der Waals surface area contributed by atoms with Gasteiger partial charge in [-0.05, 0) is 30.2 Å². The first kappa shape index (κ1) is 18.4. The summed E-state index contributed by atoms with van der Waals surface area (Å²) in [6, 6.07) is 9.01. The maximum atomic E-state index is 13.5. The van der Waals surface area contributed by atoms with Gasteiger partial charge >= 0.3 is 0 Å². The maximum Gasteiger partial charge on any atom is 0.252 e. The standard InChI is InChI=1S/C21H23N5O3/c27-17-8-18-19(28)25(10-15-4-3-6-22-9-15)20(29)21(26(18)12-17)13-24(14-21)11-16-5-1-2-7-23-16/h1-7,9,17-18,27H,8,10-14H2/t17-,18+/m1/s1. The first-order chi connectivity index (χ1) is 14.1. The van der Waals surface area contributed by atoms with Crippen LogP contribution in [0.2, 0.25) is 0 Å². The van der Waals surface area contributed by atoms with Gasteiger partial charge in [-0.25, -0.2) is 0 Å². The van der Waals surface area contributed by atoms with E-state index < -0.39 is 17.7 Å². The van der Waals surface area contributed by atoms with Crippen LogP contribution in [0.1, 0.15) is 17.7 Å². The van der Waals surface area contributed by atoms with Crippen LogP contribution in [0.15, 0.2) is 48.9 Å². The van der Waals surface area contributed by atoms with Crippen LogP contribution >= 0.6 is 0 Å². The van der Waals surface area contributed by atoms with E-state index in [0.717, 1.165) is 11.3 Å². The van der Waals surface area contributed by atoms with Gasteiger partial charge in [0.2, 0.25) is 5.91 Å². The highest BCUT2D eigenvalue weighted by Crippen LogP contribution is 2.41. The molecule has 8 nitrogen and oxygen atoms in total. The van der Waals surface area contributed by atoms with Gasteiger partial charge in [-0.1, -0.05) is 12.1 Å². The lowest BCUT2D eigenvalue weighted by Gasteiger charge is -2.58. The number of nitrogens with zero attached hydrogens (tertiary/aromatic N) is 5. The number of rotatable bonds is 4. The minimum absolute atomic E-state index is 0.172. The fourth-order valence-electron chi connectivity index (χ4n) is 4.84. The summed E-state index contributed by atoms with van der Waals surface area (Å²) < 4.78 is 0. The van der Waals surface area contributed by atoms with Gasteiger partial charge < -0.3 is 5.11 Å². The van der Waals surface area contributed by atoms with E-state index in [0.29, 0.717) is 32.6 Å². The molecule has 2 atom stereocenters. The Bertz CT molecular complexity index is 916. The Kier molecular flexibility index (Phi) is 4.42. The molecule has 1 N–H and O–H groups in total. The molecular formula is C21H23N5O3. The number of likely N-dealkylation sites (tertiary alicyclic amines) is 1. The number of β-amino-alcohol motifs (C(OH)–C–C–N with tert-alkyl or cyclic N) is 1. The van der Waals surface area contributed by atoms with Crippen molar-refractivity contribution >= 4 is 11.8 Å². The van der Waals surface area contributed by atoms with Gasteiger partial charge in [-0.15, -0.1) is 0 Å². The summed E-state index contributed by atoms with van der Waals surface area (Å²) in [5.74, 6) is -0.391. The molecule has 0 bridgehead atoms. The van der Waals surface area contributed by atoms with Crippen molar-refractivity contribution in [3.05, 3.63) is 60.2 Å². The number of aliphatic hydroxyl groups excluding tert-OH is 1.